The van der Waals surface area contributed by atoms with Gasteiger partial charge in [-0.05, 0) is 116 Å². The molecule has 2 aliphatic rings. The number of fused-ring (bicyclic) bond motifs is 8. The van der Waals surface area contributed by atoms with Crippen LogP contribution in [0.4, 0.5) is 27.5 Å². The van der Waals surface area contributed by atoms with E-state index < -0.39 is 33.7 Å². The quantitative estimate of drug-likeness (QED) is 0.0337. The summed E-state index contributed by atoms with van der Waals surface area (Å²) in [7, 11) is -3.43. The number of pyridine rings is 8. The molecule has 1 saturated carbocycles. The number of amides is 8. The number of nitrogens with zero attached hydrogens (tertiary/aromatic N) is 17. The third-order valence-electron chi connectivity index (χ3n) is 21.9. The van der Waals surface area contributed by atoms with Crippen molar-refractivity contribution < 1.29 is 46.7 Å². The maximum absolute atomic E-state index is 12.6. The van der Waals surface area contributed by atoms with Gasteiger partial charge in [0.25, 0.3) is 23.6 Å². The summed E-state index contributed by atoms with van der Waals surface area (Å²) in [6.45, 7) is 6.14. The summed E-state index contributed by atoms with van der Waals surface area (Å²) >= 11 is 0. The van der Waals surface area contributed by atoms with E-state index in [1.165, 1.54) is 6.20 Å². The van der Waals surface area contributed by atoms with E-state index in [0.29, 0.717) is 207 Å². The number of H-pyrrole nitrogens is 8. The zero-order valence-electron chi connectivity index (χ0n) is 71.5. The largest absolute Gasteiger partial charge is 0.378 e. The van der Waals surface area contributed by atoms with Crippen LogP contribution in [0.15, 0.2) is 196 Å². The number of morpholine rings is 1. The fraction of sp³-hybridized carbons (Fsp3) is 0.132. The predicted octanol–water partition coefficient (Wildman–Crippen LogP) is 11.2. The minimum Gasteiger partial charge on any atom is -0.378 e. The number of para-hydroxylation sites is 4. The van der Waals surface area contributed by atoms with Crippen molar-refractivity contribution >= 4 is 163 Å². The Kier molecular flexibility index (Phi) is 22.9. The molecule has 1 saturated heterocycles. The maximum Gasteiger partial charge on any atom is 0.322 e. The van der Waals surface area contributed by atoms with Gasteiger partial charge in [-0.3, -0.25) is 73.8 Å². The maximum atomic E-state index is 12.6. The van der Waals surface area contributed by atoms with Gasteiger partial charge in [0.2, 0.25) is 21.8 Å². The van der Waals surface area contributed by atoms with Crippen molar-refractivity contribution in [1.82, 2.24) is 125 Å². The fourth-order valence-electron chi connectivity index (χ4n) is 15.4. The second kappa shape index (κ2) is 35.9. The molecule has 1 aliphatic carbocycles. The van der Waals surface area contributed by atoms with Gasteiger partial charge in [-0.2, -0.15) is 20.4 Å². The van der Waals surface area contributed by atoms with Crippen LogP contribution >= 0.6 is 0 Å². The number of sulfonamides is 1. The van der Waals surface area contributed by atoms with Gasteiger partial charge in [0.05, 0.1) is 133 Å². The van der Waals surface area contributed by atoms with Crippen LogP contribution < -0.4 is 43.6 Å². The molecule has 0 atom stereocenters. The molecule has 22 rings (SSSR count). The van der Waals surface area contributed by atoms with Crippen molar-refractivity contribution in [1.29, 1.82) is 0 Å². The molecular weight excluding hydrogens is 1750 g/mol. The normalized spacial score (nSPS) is 12.6. The lowest BCUT2D eigenvalue weighted by atomic mass is 10.1. The number of hydrogen-bond donors (Lipinski definition) is 16. The number of rotatable bonds is 20. The molecule has 1 aliphatic heterocycles. The van der Waals surface area contributed by atoms with Crippen LogP contribution in [-0.2, 0) is 24.3 Å². The van der Waals surface area contributed by atoms with Crippen LogP contribution in [0.1, 0.15) is 74.5 Å². The van der Waals surface area contributed by atoms with Crippen molar-refractivity contribution in [3.05, 3.63) is 218 Å². The third-order valence-corrected chi connectivity index (χ3v) is 22.5. The van der Waals surface area contributed by atoms with E-state index in [4.69, 9.17) is 27.7 Å². The number of anilines is 4. The second-order valence-corrected chi connectivity index (χ2v) is 33.8. The molecule has 16 aromatic heterocycles. The molecule has 0 radical (unpaired) electrons. The number of primary amides is 4. The van der Waals surface area contributed by atoms with E-state index in [9.17, 15) is 42.0 Å². The number of aromatic amines is 8. The standard InChI is InChI=1S/C24H21N9O3.C24H22N8O2.C23H18N8O2.C20H16N8O3S/c25-21(34)16-2-1-3-18-19(16)30-23(29-18)20-17-9-14(11-27-22(17)32-31-20)13-8-15(12-26-10-13)28-24(35)33-4-6-36-7-5-33;1-12(2)6-19(33)28-15-7-13(9-26-11-15)14-8-17-21(31-32-23(17)27-10-14)24-29-18-5-3-4-16(22(25)34)20(18)30-24;24-20(32)15-2-1-3-17-18(15)29-22(28-17)19-16-7-13(9-26-21(16)31-30-19)12-6-14(10-25-8-12)27-23(33)11-4-5-11;1-32(30,31)28-12-5-10(7-22-9-12)11-6-14-17(26-27-19(14)23-8-11)20-24-15-4-2-3-13(18(21)29)16(15)25-20/h1-3,8-12H,4-7H2,(H2,25,34)(H,28,35)(H,29,30)(H,27,31,32);3-5,7-12H,6H2,1-2H3,(H2,25,34)(H,28,33)(H,29,30)(H,27,31,32);1-3,6-11H,4-5H2,(H2,24,32)(H,27,33)(H,28,29)(H,26,30,31);2-9,28H,1H3,(H2,21,29)(H,24,25)(H,23,26,27). The van der Waals surface area contributed by atoms with Crippen LogP contribution in [-0.4, -0.2) is 208 Å². The molecule has 8 amide bonds. The molecule has 135 heavy (non-hydrogen) atoms. The Balaban J connectivity index is 0.000000116. The highest BCUT2D eigenvalue weighted by atomic mass is 32.2. The molecule has 4 aromatic carbocycles. The molecule has 0 bridgehead atoms. The van der Waals surface area contributed by atoms with Gasteiger partial charge in [-0.25, -0.2) is 53.1 Å². The van der Waals surface area contributed by atoms with Gasteiger partial charge in [0, 0.05) is 120 Å². The number of carbonyl (C=O) groups is 7. The Hall–Kier alpha value is -18.4. The van der Waals surface area contributed by atoms with E-state index in [1.54, 1.807) is 134 Å². The molecule has 17 heterocycles. The van der Waals surface area contributed by atoms with Crippen LogP contribution in [0.5, 0.6) is 0 Å². The number of aromatic nitrogens is 24. The number of ether oxygens (including phenoxy) is 1. The second-order valence-electron chi connectivity index (χ2n) is 32.0. The monoisotopic (exact) mass is 1820 g/mol. The van der Waals surface area contributed by atoms with Crippen molar-refractivity contribution in [2.24, 2.45) is 34.8 Å². The van der Waals surface area contributed by atoms with Gasteiger partial charge in [-0.1, -0.05) is 38.1 Å². The smallest absolute Gasteiger partial charge is 0.322 e. The first-order chi connectivity index (χ1) is 65.3. The lowest BCUT2D eigenvalue weighted by Gasteiger charge is -2.26. The number of nitrogens with one attached hydrogen (secondary N) is 12. The van der Waals surface area contributed by atoms with E-state index in [1.807, 2.05) is 74.5 Å². The number of hydrogen-bond acceptors (Lipinski definition) is 26. The van der Waals surface area contributed by atoms with E-state index in [0.717, 1.165) is 68.6 Å². The highest BCUT2D eigenvalue weighted by Crippen LogP contribution is 2.38. The van der Waals surface area contributed by atoms with Gasteiger partial charge < -0.3 is 68.5 Å². The Morgan fingerprint density at radius 1 is 0.407 bits per heavy atom. The molecule has 44 heteroatoms. The topological polar surface area (TPSA) is 651 Å². The van der Waals surface area contributed by atoms with Gasteiger partial charge in [-0.15, -0.1) is 0 Å². The Bertz CT molecular complexity index is 8260. The molecule has 672 valence electrons. The Labute approximate surface area is 760 Å². The summed E-state index contributed by atoms with van der Waals surface area (Å²) in [6.07, 6.45) is 23.1. The number of benzene rings is 4. The van der Waals surface area contributed by atoms with Gasteiger partial charge in [0.1, 0.15) is 44.8 Å². The average Bonchev–Trinajstić information content (AvgIpc) is 1.63. The average molecular weight is 1820 g/mol. The lowest BCUT2D eigenvalue weighted by molar-refractivity contribution is -0.117. The first kappa shape index (κ1) is 86.0. The number of nitrogens with two attached hydrogens (primary N) is 4. The van der Waals surface area contributed by atoms with Crippen molar-refractivity contribution in [3.63, 3.8) is 0 Å². The first-order valence-electron chi connectivity index (χ1n) is 41.9. The highest BCUT2D eigenvalue weighted by molar-refractivity contribution is 7.92. The number of urea groups is 1. The zero-order chi connectivity index (χ0) is 93.5. The summed E-state index contributed by atoms with van der Waals surface area (Å²) in [5.41, 5.74) is 40.8. The fourth-order valence-corrected chi connectivity index (χ4v) is 15.9. The summed E-state index contributed by atoms with van der Waals surface area (Å²) < 4.78 is 30.8. The predicted molar refractivity (Wildman–Crippen MR) is 502 cm³/mol. The van der Waals surface area contributed by atoms with Crippen LogP contribution in [0.3, 0.4) is 0 Å². The molecular formula is C91H77N33O10S. The van der Waals surface area contributed by atoms with Crippen LogP contribution in [0.2, 0.25) is 0 Å². The first-order valence-corrected chi connectivity index (χ1v) is 43.8. The SMILES string of the molecule is CC(C)CC(=O)Nc1cncc(-c2cnc3n[nH]c(-c4nc5c(C(N)=O)cccc5[nH]4)c3c2)c1.CS(=O)(=O)Nc1cncc(-c2cnc3n[nH]c(-c4nc5c(C(N)=O)cccc5[nH]4)c3c2)c1.NC(=O)c1cccc2[nH]c(-c3[nH]nc4ncc(-c5cncc(NC(=O)C6CC6)c5)cc34)nc12.NC(=O)c1cccc2[nH]c(-c3[nH]nc4ncc(-c5cncc(NC(=O)N6CCOCC6)c5)cc34)nc12. The number of carbonyl (C=O) groups excluding carboxylic acids is 7. The zero-order valence-corrected chi connectivity index (χ0v) is 72.3. The van der Waals surface area contributed by atoms with Crippen molar-refractivity contribution in [3.8, 4) is 90.6 Å². The summed E-state index contributed by atoms with van der Waals surface area (Å²) in [6, 6.07) is 35.4. The minimum atomic E-state index is -3.43. The number of imidazole rings is 4. The molecule has 0 spiro atoms. The van der Waals surface area contributed by atoms with E-state index >= 15 is 0 Å². The van der Waals surface area contributed by atoms with Crippen molar-refractivity contribution in [2.75, 3.05) is 53.2 Å². The summed E-state index contributed by atoms with van der Waals surface area (Å²) in [5, 5.41) is 40.6. The molecule has 0 unspecified atom stereocenters. The molecule has 20 N–H and O–H groups in total. The summed E-state index contributed by atoms with van der Waals surface area (Å²) in [4.78, 5) is 151. The van der Waals surface area contributed by atoms with Gasteiger partial charge in [0.15, 0.2) is 45.9 Å². The van der Waals surface area contributed by atoms with Crippen molar-refractivity contribution in [2.45, 2.75) is 33.1 Å². The minimum absolute atomic E-state index is 0.0277. The van der Waals surface area contributed by atoms with Crippen LogP contribution in [0, 0.1) is 11.8 Å². The third kappa shape index (κ3) is 18.3. The van der Waals surface area contributed by atoms with E-state index in [-0.39, 0.29) is 29.7 Å². The lowest BCUT2D eigenvalue weighted by Crippen LogP contribution is -2.43. The van der Waals surface area contributed by atoms with E-state index in [2.05, 4.69) is 141 Å². The Morgan fingerprint density at radius 3 is 1.02 bits per heavy atom. The molecule has 43 nitrogen and oxygen atoms in total. The highest BCUT2D eigenvalue weighted by Gasteiger charge is 2.31. The summed E-state index contributed by atoms with van der Waals surface area (Å²) in [5.74, 6) is 0.145. The molecule has 20 aromatic rings. The molecule has 2 fully saturated rings. The van der Waals surface area contributed by atoms with Gasteiger partial charge >= 0.3 is 6.03 Å². The van der Waals surface area contributed by atoms with Crippen LogP contribution in [0.25, 0.3) is 179 Å². The Morgan fingerprint density at radius 2 is 0.711 bits per heavy atom.